The molecule has 0 bridgehead atoms. The smallest absolute Gasteiger partial charge is 0.306 e. The largest absolute Gasteiger partial charge is 0.462 e. The summed E-state index contributed by atoms with van der Waals surface area (Å²) in [4.78, 5) is 24.1. The van der Waals surface area contributed by atoms with Gasteiger partial charge in [0, 0.05) is 12.8 Å². The van der Waals surface area contributed by atoms with E-state index in [1.54, 1.807) is 0 Å². The molecule has 0 aliphatic heterocycles. The van der Waals surface area contributed by atoms with E-state index in [9.17, 15) is 14.7 Å². The molecule has 5 heteroatoms. The van der Waals surface area contributed by atoms with Crippen molar-refractivity contribution in [3.05, 3.63) is 60.8 Å². The molecule has 1 atom stereocenters. The molecule has 0 spiro atoms. The first-order valence-corrected chi connectivity index (χ1v) is 17.3. The number of hydrogen-bond donors (Lipinski definition) is 1. The summed E-state index contributed by atoms with van der Waals surface area (Å²) in [5.41, 5.74) is 0. The normalized spacial score (nSPS) is 12.9. The van der Waals surface area contributed by atoms with Gasteiger partial charge in [-0.05, 0) is 77.0 Å². The minimum Gasteiger partial charge on any atom is -0.462 e. The number of aliphatic hydroxyl groups excluding tert-OH is 1. The molecule has 0 radical (unpaired) electrons. The van der Waals surface area contributed by atoms with Crippen LogP contribution in [0.3, 0.4) is 0 Å². The van der Waals surface area contributed by atoms with Crippen molar-refractivity contribution < 1.29 is 24.2 Å². The fourth-order valence-corrected chi connectivity index (χ4v) is 4.42. The first-order chi connectivity index (χ1) is 21.1. The van der Waals surface area contributed by atoms with E-state index in [-0.39, 0.29) is 25.2 Å². The molecule has 1 N–H and O–H groups in total. The van der Waals surface area contributed by atoms with E-state index in [2.05, 4.69) is 74.6 Å². The number of hydrogen-bond acceptors (Lipinski definition) is 5. The van der Waals surface area contributed by atoms with E-state index in [0.29, 0.717) is 12.8 Å². The highest BCUT2D eigenvalue weighted by Crippen LogP contribution is 2.11. The number of aliphatic hydroxyl groups is 1. The monoisotopic (exact) mass is 600 g/mol. The number of esters is 2. The Hall–Kier alpha value is -2.40. The molecule has 0 rings (SSSR count). The predicted octanol–water partition coefficient (Wildman–Crippen LogP) is 10.4. The van der Waals surface area contributed by atoms with E-state index in [4.69, 9.17) is 9.47 Å². The summed E-state index contributed by atoms with van der Waals surface area (Å²) < 4.78 is 10.5. The van der Waals surface area contributed by atoms with Gasteiger partial charge in [0.1, 0.15) is 6.61 Å². The summed E-state index contributed by atoms with van der Waals surface area (Å²) in [5, 5.41) is 9.51. The Bertz CT molecular complexity index is 777. The summed E-state index contributed by atoms with van der Waals surface area (Å²) in [6, 6.07) is 0. The SMILES string of the molecule is CC/C=C/C/C=C/C/C=C/C/C=C/CCCCC(=O)OC[C@H](CO)OC(=O)CCCCCCC/C=C/CCCCCCC. The molecular formula is C38H64O5. The summed E-state index contributed by atoms with van der Waals surface area (Å²) in [6.07, 6.45) is 42.7. The summed E-state index contributed by atoms with van der Waals surface area (Å²) in [5.74, 6) is -0.656. The molecule has 43 heavy (non-hydrogen) atoms. The van der Waals surface area contributed by atoms with Crippen LogP contribution in [0.5, 0.6) is 0 Å². The number of ether oxygens (including phenoxy) is 2. The lowest BCUT2D eigenvalue weighted by Gasteiger charge is -2.15. The molecular weight excluding hydrogens is 536 g/mol. The predicted molar refractivity (Wildman–Crippen MR) is 182 cm³/mol. The minimum absolute atomic E-state index is 0.0931. The highest BCUT2D eigenvalue weighted by atomic mass is 16.6. The zero-order chi connectivity index (χ0) is 31.5. The van der Waals surface area contributed by atoms with Crippen molar-refractivity contribution in [1.82, 2.24) is 0 Å². The molecule has 0 saturated heterocycles. The van der Waals surface area contributed by atoms with E-state index in [1.807, 2.05) is 0 Å². The van der Waals surface area contributed by atoms with Gasteiger partial charge in [0.2, 0.25) is 0 Å². The van der Waals surface area contributed by atoms with Crippen molar-refractivity contribution in [2.45, 2.75) is 155 Å². The first-order valence-electron chi connectivity index (χ1n) is 17.3. The van der Waals surface area contributed by atoms with Gasteiger partial charge in [-0.25, -0.2) is 0 Å². The lowest BCUT2D eigenvalue weighted by Crippen LogP contribution is -2.28. The van der Waals surface area contributed by atoms with Gasteiger partial charge in [0.15, 0.2) is 6.10 Å². The van der Waals surface area contributed by atoms with Gasteiger partial charge in [-0.1, -0.05) is 120 Å². The van der Waals surface area contributed by atoms with Crippen molar-refractivity contribution in [3.8, 4) is 0 Å². The van der Waals surface area contributed by atoms with Crippen molar-refractivity contribution in [2.24, 2.45) is 0 Å². The van der Waals surface area contributed by atoms with Gasteiger partial charge in [-0.15, -0.1) is 0 Å². The maximum atomic E-state index is 12.1. The second kappa shape index (κ2) is 34.1. The van der Waals surface area contributed by atoms with Crippen LogP contribution in [-0.4, -0.2) is 36.4 Å². The fraction of sp³-hybridized carbons (Fsp3) is 0.684. The van der Waals surface area contributed by atoms with Crippen LogP contribution in [-0.2, 0) is 19.1 Å². The number of allylic oxidation sites excluding steroid dienone is 10. The maximum absolute atomic E-state index is 12.1. The van der Waals surface area contributed by atoms with Crippen LogP contribution in [0.1, 0.15) is 149 Å². The minimum atomic E-state index is -0.792. The van der Waals surface area contributed by atoms with Crippen LogP contribution >= 0.6 is 0 Å². The molecule has 0 fully saturated rings. The molecule has 246 valence electrons. The summed E-state index contributed by atoms with van der Waals surface area (Å²) in [6.45, 7) is 3.95. The highest BCUT2D eigenvalue weighted by molar-refractivity contribution is 5.70. The second-order valence-electron chi connectivity index (χ2n) is 11.2. The van der Waals surface area contributed by atoms with Crippen LogP contribution in [0, 0.1) is 0 Å². The topological polar surface area (TPSA) is 72.8 Å². The summed E-state index contributed by atoms with van der Waals surface area (Å²) in [7, 11) is 0. The van der Waals surface area contributed by atoms with Crippen LogP contribution in [0.25, 0.3) is 0 Å². The Morgan fingerprint density at radius 1 is 0.558 bits per heavy atom. The average molecular weight is 601 g/mol. The molecule has 5 nitrogen and oxygen atoms in total. The van der Waals surface area contributed by atoms with Crippen molar-refractivity contribution in [3.63, 3.8) is 0 Å². The molecule has 0 unspecified atom stereocenters. The molecule has 0 aromatic rings. The molecule has 0 aromatic carbocycles. The third-order valence-corrected chi connectivity index (χ3v) is 7.05. The van der Waals surface area contributed by atoms with Gasteiger partial charge >= 0.3 is 11.9 Å². The number of carbonyl (C=O) groups excluding carboxylic acids is 2. The van der Waals surface area contributed by atoms with Crippen LogP contribution in [0.4, 0.5) is 0 Å². The van der Waals surface area contributed by atoms with Crippen molar-refractivity contribution >= 4 is 11.9 Å². The fourth-order valence-electron chi connectivity index (χ4n) is 4.42. The Balaban J connectivity index is 3.69. The number of rotatable bonds is 30. The molecule has 0 aliphatic rings. The van der Waals surface area contributed by atoms with Crippen LogP contribution in [0.15, 0.2) is 60.8 Å². The van der Waals surface area contributed by atoms with E-state index < -0.39 is 6.10 Å². The zero-order valence-corrected chi connectivity index (χ0v) is 27.7. The van der Waals surface area contributed by atoms with Gasteiger partial charge in [-0.2, -0.15) is 0 Å². The Kier molecular flexibility index (Phi) is 32.2. The third-order valence-electron chi connectivity index (χ3n) is 7.05. The van der Waals surface area contributed by atoms with Gasteiger partial charge in [0.05, 0.1) is 6.61 Å². The van der Waals surface area contributed by atoms with E-state index in [1.165, 1.54) is 51.4 Å². The van der Waals surface area contributed by atoms with Crippen LogP contribution < -0.4 is 0 Å². The quantitative estimate of drug-likeness (QED) is 0.0504. The molecule has 0 heterocycles. The van der Waals surface area contributed by atoms with E-state index in [0.717, 1.165) is 70.6 Å². The molecule has 0 saturated carbocycles. The lowest BCUT2D eigenvalue weighted by molar-refractivity contribution is -0.161. The Morgan fingerprint density at radius 2 is 1.00 bits per heavy atom. The molecule has 0 aliphatic carbocycles. The van der Waals surface area contributed by atoms with Gasteiger partial charge in [0.25, 0.3) is 0 Å². The number of unbranched alkanes of at least 4 members (excludes halogenated alkanes) is 12. The van der Waals surface area contributed by atoms with E-state index >= 15 is 0 Å². The van der Waals surface area contributed by atoms with Gasteiger partial charge < -0.3 is 14.6 Å². The summed E-state index contributed by atoms with van der Waals surface area (Å²) >= 11 is 0. The highest BCUT2D eigenvalue weighted by Gasteiger charge is 2.16. The molecule has 0 amide bonds. The third kappa shape index (κ3) is 32.4. The first kappa shape index (κ1) is 40.6. The number of carbonyl (C=O) groups is 2. The lowest BCUT2D eigenvalue weighted by atomic mass is 10.1. The zero-order valence-electron chi connectivity index (χ0n) is 27.7. The average Bonchev–Trinajstić information content (AvgIpc) is 3.01. The van der Waals surface area contributed by atoms with Gasteiger partial charge in [-0.3, -0.25) is 9.59 Å². The standard InChI is InChI=1S/C38H64O5/c1-3-5-7-9-11-13-15-17-19-21-22-24-26-28-30-32-37(40)42-35-36(34-39)43-38(41)33-31-29-27-25-23-20-18-16-14-12-10-8-6-4-2/h5,7,11,13,16-19,22,24,36,39H,3-4,6,8-10,12,14-15,20-21,23,25-35H2,1-2H3/b7-5+,13-11+,18-16+,19-17+,24-22+/t36-/m0/s1. The van der Waals surface area contributed by atoms with Crippen molar-refractivity contribution in [1.29, 1.82) is 0 Å². The Morgan fingerprint density at radius 3 is 1.58 bits per heavy atom. The Labute approximate surface area is 264 Å². The molecule has 0 aromatic heterocycles. The second-order valence-corrected chi connectivity index (χ2v) is 11.2. The van der Waals surface area contributed by atoms with Crippen molar-refractivity contribution in [2.75, 3.05) is 13.2 Å². The van der Waals surface area contributed by atoms with Crippen LogP contribution in [0.2, 0.25) is 0 Å². The maximum Gasteiger partial charge on any atom is 0.306 e.